The molecule has 1 aliphatic heterocycles. The van der Waals surface area contributed by atoms with Gasteiger partial charge in [-0.1, -0.05) is 12.1 Å². The average Bonchev–Trinajstić information content (AvgIpc) is 3.42. The van der Waals surface area contributed by atoms with Crippen LogP contribution in [0.15, 0.2) is 24.3 Å². The van der Waals surface area contributed by atoms with E-state index in [4.69, 9.17) is 9.47 Å². The van der Waals surface area contributed by atoms with Crippen LogP contribution in [0.25, 0.3) is 0 Å². The van der Waals surface area contributed by atoms with E-state index in [-0.39, 0.29) is 23.7 Å². The molecule has 2 amide bonds. The minimum atomic E-state index is -0.511. The molecular weight excluding hydrogens is 312 g/mol. The molecule has 2 atom stereocenters. The van der Waals surface area contributed by atoms with Gasteiger partial charge in [-0.2, -0.15) is 0 Å². The fourth-order valence-electron chi connectivity index (χ4n) is 2.88. The predicted molar refractivity (Wildman–Crippen MR) is 85.4 cm³/mol. The van der Waals surface area contributed by atoms with Gasteiger partial charge in [0.05, 0.1) is 43.4 Å². The van der Waals surface area contributed by atoms with Crippen molar-refractivity contribution in [3.8, 4) is 0 Å². The maximum absolute atomic E-state index is 12.4. The van der Waals surface area contributed by atoms with E-state index in [0.29, 0.717) is 44.0 Å². The van der Waals surface area contributed by atoms with Gasteiger partial charge in [-0.15, -0.1) is 0 Å². The lowest BCUT2D eigenvalue weighted by atomic mass is 10.1. The van der Waals surface area contributed by atoms with Crippen molar-refractivity contribution in [2.45, 2.75) is 6.42 Å². The van der Waals surface area contributed by atoms with Gasteiger partial charge >= 0.3 is 5.97 Å². The minimum Gasteiger partial charge on any atom is -0.465 e. The van der Waals surface area contributed by atoms with Gasteiger partial charge < -0.3 is 19.7 Å². The number of nitrogens with zero attached hydrogens (tertiary/aromatic N) is 1. The summed E-state index contributed by atoms with van der Waals surface area (Å²) >= 11 is 0. The molecule has 1 heterocycles. The van der Waals surface area contributed by atoms with Crippen LogP contribution in [0.5, 0.6) is 0 Å². The molecule has 7 nitrogen and oxygen atoms in total. The topological polar surface area (TPSA) is 84.9 Å². The summed E-state index contributed by atoms with van der Waals surface area (Å²) in [4.78, 5) is 38.2. The van der Waals surface area contributed by atoms with Crippen molar-refractivity contribution in [2.24, 2.45) is 11.8 Å². The number of ether oxygens (including phenoxy) is 2. The molecule has 1 aliphatic carbocycles. The zero-order valence-electron chi connectivity index (χ0n) is 13.5. The van der Waals surface area contributed by atoms with Crippen LogP contribution in [0.4, 0.5) is 5.69 Å². The van der Waals surface area contributed by atoms with E-state index in [1.165, 1.54) is 7.11 Å². The molecule has 24 heavy (non-hydrogen) atoms. The Kier molecular flexibility index (Phi) is 4.80. The van der Waals surface area contributed by atoms with E-state index >= 15 is 0 Å². The van der Waals surface area contributed by atoms with Crippen LogP contribution >= 0.6 is 0 Å². The summed E-state index contributed by atoms with van der Waals surface area (Å²) in [5.74, 6) is -1.35. The molecule has 0 aromatic heterocycles. The molecule has 0 radical (unpaired) electrons. The number of morpholine rings is 1. The van der Waals surface area contributed by atoms with Crippen molar-refractivity contribution in [3.05, 3.63) is 29.8 Å². The first-order chi connectivity index (χ1) is 11.6. The highest BCUT2D eigenvalue weighted by atomic mass is 16.5. The van der Waals surface area contributed by atoms with E-state index in [2.05, 4.69) is 5.32 Å². The lowest BCUT2D eigenvalue weighted by Crippen LogP contribution is -2.42. The predicted octanol–water partition coefficient (Wildman–Crippen LogP) is 0.907. The number of anilines is 1. The molecule has 2 unspecified atom stereocenters. The third kappa shape index (κ3) is 3.41. The molecule has 1 saturated carbocycles. The van der Waals surface area contributed by atoms with Crippen LogP contribution in [-0.2, 0) is 19.1 Å². The number of esters is 1. The monoisotopic (exact) mass is 332 g/mol. The van der Waals surface area contributed by atoms with Crippen LogP contribution in [0.1, 0.15) is 16.8 Å². The third-order valence-electron chi connectivity index (χ3n) is 4.36. The summed E-state index contributed by atoms with van der Waals surface area (Å²) in [5, 5.41) is 2.74. The molecule has 2 fully saturated rings. The Morgan fingerprint density at radius 1 is 1.17 bits per heavy atom. The van der Waals surface area contributed by atoms with E-state index in [9.17, 15) is 14.4 Å². The second kappa shape index (κ2) is 7.00. The van der Waals surface area contributed by atoms with Crippen LogP contribution in [-0.4, -0.2) is 56.1 Å². The summed E-state index contributed by atoms with van der Waals surface area (Å²) < 4.78 is 9.94. The smallest absolute Gasteiger partial charge is 0.339 e. The number of rotatable bonds is 4. The zero-order valence-corrected chi connectivity index (χ0v) is 13.5. The fourth-order valence-corrected chi connectivity index (χ4v) is 2.88. The first kappa shape index (κ1) is 16.4. The van der Waals surface area contributed by atoms with Gasteiger partial charge in [0.25, 0.3) is 0 Å². The van der Waals surface area contributed by atoms with E-state index in [1.54, 1.807) is 29.2 Å². The molecular formula is C17H20N2O5. The van der Waals surface area contributed by atoms with Crippen molar-refractivity contribution < 1.29 is 23.9 Å². The Labute approximate surface area is 139 Å². The van der Waals surface area contributed by atoms with Crippen LogP contribution in [0, 0.1) is 11.8 Å². The molecule has 0 bridgehead atoms. The van der Waals surface area contributed by atoms with Crippen molar-refractivity contribution in [2.75, 3.05) is 38.7 Å². The third-order valence-corrected chi connectivity index (χ3v) is 4.36. The minimum absolute atomic E-state index is 0.0136. The molecule has 1 saturated heterocycles. The Hall–Kier alpha value is -2.41. The van der Waals surface area contributed by atoms with Gasteiger partial charge in [0.2, 0.25) is 11.8 Å². The van der Waals surface area contributed by atoms with Crippen LogP contribution < -0.4 is 5.32 Å². The Morgan fingerprint density at radius 3 is 2.58 bits per heavy atom. The molecule has 3 rings (SSSR count). The highest BCUT2D eigenvalue weighted by molar-refractivity contribution is 6.04. The molecule has 2 aliphatic rings. The largest absolute Gasteiger partial charge is 0.465 e. The Balaban J connectivity index is 1.61. The fraction of sp³-hybridized carbons (Fsp3) is 0.471. The number of hydrogen-bond acceptors (Lipinski definition) is 5. The standard InChI is InChI=1S/C17H20N2O5/c1-23-17(22)11-4-2-3-5-14(11)18-15(20)12-10-13(12)16(21)19-6-8-24-9-7-19/h2-5,12-13H,6-10H2,1H3,(H,18,20). The highest BCUT2D eigenvalue weighted by Crippen LogP contribution is 2.41. The second-order valence-corrected chi connectivity index (χ2v) is 5.91. The Bertz CT molecular complexity index is 654. The van der Waals surface area contributed by atoms with Gasteiger partial charge in [-0.05, 0) is 18.6 Å². The quantitative estimate of drug-likeness (QED) is 0.828. The summed E-state index contributed by atoms with van der Waals surface area (Å²) in [6.45, 7) is 2.24. The first-order valence-electron chi connectivity index (χ1n) is 7.96. The number of methoxy groups -OCH3 is 1. The summed E-state index contributed by atoms with van der Waals surface area (Å²) in [6, 6.07) is 6.66. The highest BCUT2D eigenvalue weighted by Gasteiger charge is 2.49. The number of amides is 2. The molecule has 1 N–H and O–H groups in total. The number of carbonyl (C=O) groups excluding carboxylic acids is 3. The normalized spacial score (nSPS) is 22.6. The molecule has 0 spiro atoms. The number of para-hydroxylation sites is 1. The van der Waals surface area contributed by atoms with E-state index in [0.717, 1.165) is 0 Å². The van der Waals surface area contributed by atoms with Crippen LogP contribution in [0.2, 0.25) is 0 Å². The average molecular weight is 332 g/mol. The SMILES string of the molecule is COC(=O)c1ccccc1NC(=O)C1CC1C(=O)N1CCOCC1. The molecule has 1 aromatic rings. The second-order valence-electron chi connectivity index (χ2n) is 5.91. The Morgan fingerprint density at radius 2 is 1.88 bits per heavy atom. The maximum atomic E-state index is 12.4. The summed E-state index contributed by atoms with van der Waals surface area (Å²) in [7, 11) is 1.29. The van der Waals surface area contributed by atoms with Crippen molar-refractivity contribution in [1.29, 1.82) is 0 Å². The van der Waals surface area contributed by atoms with Gasteiger partial charge in [-0.3, -0.25) is 9.59 Å². The van der Waals surface area contributed by atoms with Gasteiger partial charge in [0.1, 0.15) is 0 Å². The molecule has 7 heteroatoms. The van der Waals surface area contributed by atoms with Gasteiger partial charge in [0.15, 0.2) is 0 Å². The lowest BCUT2D eigenvalue weighted by Gasteiger charge is -2.27. The van der Waals surface area contributed by atoms with E-state index < -0.39 is 5.97 Å². The van der Waals surface area contributed by atoms with Crippen molar-refractivity contribution >= 4 is 23.5 Å². The first-order valence-corrected chi connectivity index (χ1v) is 7.96. The van der Waals surface area contributed by atoms with Crippen molar-refractivity contribution in [1.82, 2.24) is 4.90 Å². The number of benzene rings is 1. The molecule has 128 valence electrons. The lowest BCUT2D eigenvalue weighted by molar-refractivity contribution is -0.137. The van der Waals surface area contributed by atoms with E-state index in [1.807, 2.05) is 0 Å². The van der Waals surface area contributed by atoms with Crippen molar-refractivity contribution in [3.63, 3.8) is 0 Å². The number of nitrogens with one attached hydrogen (secondary N) is 1. The number of hydrogen-bond donors (Lipinski definition) is 1. The number of carbonyl (C=O) groups is 3. The maximum Gasteiger partial charge on any atom is 0.339 e. The zero-order chi connectivity index (χ0) is 17.1. The van der Waals surface area contributed by atoms with Gasteiger partial charge in [0, 0.05) is 13.1 Å². The van der Waals surface area contributed by atoms with Crippen LogP contribution in [0.3, 0.4) is 0 Å². The molecule has 1 aromatic carbocycles. The summed E-state index contributed by atoms with van der Waals surface area (Å²) in [5.41, 5.74) is 0.698. The van der Waals surface area contributed by atoms with Gasteiger partial charge in [-0.25, -0.2) is 4.79 Å². The summed E-state index contributed by atoms with van der Waals surface area (Å²) in [6.07, 6.45) is 0.544.